The molecule has 3 rings (SSSR count). The van der Waals surface area contributed by atoms with Crippen molar-refractivity contribution >= 4 is 11.8 Å². The first-order valence-electron chi connectivity index (χ1n) is 5.43. The smallest absolute Gasteiger partial charge is 0.0567 e. The minimum atomic E-state index is 0.579. The number of hydrogen-bond acceptors (Lipinski definition) is 2. The lowest BCUT2D eigenvalue weighted by atomic mass is 10.0. The van der Waals surface area contributed by atoms with E-state index in [1.807, 2.05) is 0 Å². The molecule has 0 aromatic carbocycles. The maximum atomic E-state index is 3.64. The molecular formula is C12H15NS. The fraction of sp³-hybridized carbons (Fsp3) is 0.500. The van der Waals surface area contributed by atoms with Crippen molar-refractivity contribution in [2.24, 2.45) is 0 Å². The summed E-state index contributed by atoms with van der Waals surface area (Å²) in [5, 5.41) is 4.43. The molecule has 2 heteroatoms. The molecule has 0 aromatic rings. The van der Waals surface area contributed by atoms with E-state index in [1.165, 1.54) is 31.4 Å². The SMILES string of the molecule is C1=CC2=C(CC1)SC1CCC=CC1N2. The topological polar surface area (TPSA) is 12.0 Å². The molecular weight excluding hydrogens is 190 g/mol. The summed E-state index contributed by atoms with van der Waals surface area (Å²) in [6.45, 7) is 0. The molecule has 2 unspecified atom stereocenters. The van der Waals surface area contributed by atoms with Crippen LogP contribution in [0.1, 0.15) is 25.7 Å². The van der Waals surface area contributed by atoms with Crippen molar-refractivity contribution in [3.8, 4) is 0 Å². The van der Waals surface area contributed by atoms with Crippen molar-refractivity contribution in [3.63, 3.8) is 0 Å². The van der Waals surface area contributed by atoms with Crippen LogP contribution in [-0.2, 0) is 0 Å². The highest BCUT2D eigenvalue weighted by Gasteiger charge is 2.29. The lowest BCUT2D eigenvalue weighted by Gasteiger charge is -2.36. The molecule has 0 amide bonds. The molecule has 1 aliphatic heterocycles. The summed E-state index contributed by atoms with van der Waals surface area (Å²) in [6.07, 6.45) is 14.2. The second-order valence-corrected chi connectivity index (χ2v) is 5.44. The fourth-order valence-corrected chi connectivity index (χ4v) is 3.75. The van der Waals surface area contributed by atoms with E-state index in [1.54, 1.807) is 4.91 Å². The number of thioether (sulfide) groups is 1. The van der Waals surface area contributed by atoms with Gasteiger partial charge in [-0.25, -0.2) is 0 Å². The van der Waals surface area contributed by atoms with Crippen LogP contribution in [0.15, 0.2) is 34.9 Å². The van der Waals surface area contributed by atoms with Gasteiger partial charge in [0.15, 0.2) is 0 Å². The summed E-state index contributed by atoms with van der Waals surface area (Å²) in [4.78, 5) is 1.59. The zero-order valence-electron chi connectivity index (χ0n) is 8.20. The van der Waals surface area contributed by atoms with Crippen molar-refractivity contribution in [1.82, 2.24) is 5.32 Å². The highest BCUT2D eigenvalue weighted by molar-refractivity contribution is 8.03. The van der Waals surface area contributed by atoms with E-state index in [4.69, 9.17) is 0 Å². The second-order valence-electron chi connectivity index (χ2n) is 4.11. The van der Waals surface area contributed by atoms with Crippen LogP contribution in [-0.4, -0.2) is 11.3 Å². The minimum absolute atomic E-state index is 0.579. The Labute approximate surface area is 89.3 Å². The van der Waals surface area contributed by atoms with E-state index in [0.29, 0.717) is 6.04 Å². The highest BCUT2D eigenvalue weighted by atomic mass is 32.2. The van der Waals surface area contributed by atoms with Crippen LogP contribution < -0.4 is 5.32 Å². The third-order valence-electron chi connectivity index (χ3n) is 3.10. The molecule has 0 saturated heterocycles. The molecule has 0 fully saturated rings. The monoisotopic (exact) mass is 205 g/mol. The van der Waals surface area contributed by atoms with Crippen LogP contribution in [0.2, 0.25) is 0 Å². The maximum absolute atomic E-state index is 3.64. The van der Waals surface area contributed by atoms with Gasteiger partial charge in [-0.15, -0.1) is 11.8 Å². The van der Waals surface area contributed by atoms with Crippen LogP contribution in [0.25, 0.3) is 0 Å². The molecule has 2 aliphatic carbocycles. The van der Waals surface area contributed by atoms with Crippen LogP contribution >= 0.6 is 11.8 Å². The van der Waals surface area contributed by atoms with Gasteiger partial charge in [-0.3, -0.25) is 0 Å². The van der Waals surface area contributed by atoms with Crippen molar-refractivity contribution in [2.45, 2.75) is 37.0 Å². The molecule has 3 aliphatic rings. The average molecular weight is 205 g/mol. The van der Waals surface area contributed by atoms with Crippen molar-refractivity contribution in [2.75, 3.05) is 0 Å². The molecule has 2 atom stereocenters. The Morgan fingerprint density at radius 3 is 3.29 bits per heavy atom. The summed E-state index contributed by atoms with van der Waals surface area (Å²) >= 11 is 2.11. The summed E-state index contributed by atoms with van der Waals surface area (Å²) < 4.78 is 0. The molecule has 0 bridgehead atoms. The molecule has 1 heterocycles. The molecule has 0 spiro atoms. The van der Waals surface area contributed by atoms with Crippen LogP contribution in [0.4, 0.5) is 0 Å². The average Bonchev–Trinajstić information content (AvgIpc) is 2.26. The summed E-state index contributed by atoms with van der Waals surface area (Å²) in [5.41, 5.74) is 1.38. The van der Waals surface area contributed by atoms with Crippen molar-refractivity contribution < 1.29 is 0 Å². The molecule has 14 heavy (non-hydrogen) atoms. The highest BCUT2D eigenvalue weighted by Crippen LogP contribution is 2.40. The first-order valence-corrected chi connectivity index (χ1v) is 6.31. The zero-order valence-corrected chi connectivity index (χ0v) is 9.02. The van der Waals surface area contributed by atoms with E-state index in [0.717, 1.165) is 5.25 Å². The fourth-order valence-electron chi connectivity index (χ4n) is 2.34. The van der Waals surface area contributed by atoms with Crippen molar-refractivity contribution in [3.05, 3.63) is 34.9 Å². The quantitative estimate of drug-likeness (QED) is 0.610. The van der Waals surface area contributed by atoms with E-state index < -0.39 is 0 Å². The molecule has 1 nitrogen and oxygen atoms in total. The van der Waals surface area contributed by atoms with Crippen LogP contribution in [0.5, 0.6) is 0 Å². The second kappa shape index (κ2) is 3.50. The van der Waals surface area contributed by atoms with Crippen LogP contribution in [0.3, 0.4) is 0 Å². The Bertz CT molecular complexity index is 327. The Balaban J connectivity index is 1.88. The predicted octanol–water partition coefficient (Wildman–Crippen LogP) is 2.97. The molecule has 1 N–H and O–H groups in total. The predicted molar refractivity (Wildman–Crippen MR) is 62.1 cm³/mol. The van der Waals surface area contributed by atoms with Crippen molar-refractivity contribution in [1.29, 1.82) is 0 Å². The van der Waals surface area contributed by atoms with Gasteiger partial charge in [-0.05, 0) is 31.8 Å². The van der Waals surface area contributed by atoms with E-state index in [2.05, 4.69) is 41.4 Å². The number of allylic oxidation sites excluding steroid dienone is 4. The molecule has 0 saturated carbocycles. The zero-order chi connectivity index (χ0) is 9.38. The van der Waals surface area contributed by atoms with E-state index >= 15 is 0 Å². The Morgan fingerprint density at radius 2 is 2.29 bits per heavy atom. The van der Waals surface area contributed by atoms with Gasteiger partial charge in [0, 0.05) is 15.9 Å². The van der Waals surface area contributed by atoms with Crippen LogP contribution in [0, 0.1) is 0 Å². The van der Waals surface area contributed by atoms with Gasteiger partial charge in [0.2, 0.25) is 0 Å². The van der Waals surface area contributed by atoms with Gasteiger partial charge in [0.05, 0.1) is 6.04 Å². The summed E-state index contributed by atoms with van der Waals surface area (Å²) in [5.74, 6) is 0. The van der Waals surface area contributed by atoms with E-state index in [-0.39, 0.29) is 0 Å². The number of nitrogens with one attached hydrogen (secondary N) is 1. The Kier molecular flexibility index (Phi) is 2.17. The van der Waals surface area contributed by atoms with Gasteiger partial charge >= 0.3 is 0 Å². The van der Waals surface area contributed by atoms with Gasteiger partial charge in [-0.1, -0.05) is 18.2 Å². The number of rotatable bonds is 0. The van der Waals surface area contributed by atoms with Gasteiger partial charge in [0.25, 0.3) is 0 Å². The largest absolute Gasteiger partial charge is 0.377 e. The number of hydrogen-bond donors (Lipinski definition) is 1. The Morgan fingerprint density at radius 1 is 1.29 bits per heavy atom. The third-order valence-corrected chi connectivity index (χ3v) is 4.64. The van der Waals surface area contributed by atoms with Gasteiger partial charge in [-0.2, -0.15) is 0 Å². The third kappa shape index (κ3) is 1.42. The summed E-state index contributed by atoms with van der Waals surface area (Å²) in [6, 6.07) is 0.579. The van der Waals surface area contributed by atoms with E-state index in [9.17, 15) is 0 Å². The Hall–Kier alpha value is -0.630. The maximum Gasteiger partial charge on any atom is 0.0567 e. The molecule has 74 valence electrons. The molecule has 0 radical (unpaired) electrons. The summed E-state index contributed by atoms with van der Waals surface area (Å²) in [7, 11) is 0. The first kappa shape index (κ1) is 8.66. The van der Waals surface area contributed by atoms with Gasteiger partial charge in [0.1, 0.15) is 0 Å². The normalized spacial score (nSPS) is 34.9. The lowest BCUT2D eigenvalue weighted by Crippen LogP contribution is -2.41. The number of fused-ring (bicyclic) bond motifs is 1. The van der Waals surface area contributed by atoms with Gasteiger partial charge < -0.3 is 5.32 Å². The standard InChI is InChI=1S/C12H15NS/c1-3-7-11-9(5-1)13-10-6-2-4-8-12(10)14-11/h1-2,5-6,9,11,13H,3-4,7-8H2. The lowest BCUT2D eigenvalue weighted by molar-refractivity contribution is 0.578. The molecule has 0 aromatic heterocycles. The minimum Gasteiger partial charge on any atom is -0.377 e. The first-order chi connectivity index (χ1) is 6.93.